The van der Waals surface area contributed by atoms with Crippen molar-refractivity contribution in [1.29, 1.82) is 0 Å². The van der Waals surface area contributed by atoms with Crippen LogP contribution in [0, 0.1) is 17.3 Å². The summed E-state index contributed by atoms with van der Waals surface area (Å²) in [5.74, 6) is 1.59. The Morgan fingerprint density at radius 3 is 2.60 bits per heavy atom. The van der Waals surface area contributed by atoms with E-state index in [0.717, 1.165) is 18.4 Å². The Balaban J connectivity index is 2.50. The normalized spacial score (nSPS) is 27.2. The summed E-state index contributed by atoms with van der Waals surface area (Å²) in [6.45, 7) is 14.4. The van der Waals surface area contributed by atoms with Crippen LogP contribution in [0.5, 0.6) is 0 Å². The minimum Gasteiger partial charge on any atom is -0.319 e. The van der Waals surface area contributed by atoms with Crippen LogP contribution in [0.25, 0.3) is 0 Å². The van der Waals surface area contributed by atoms with Gasteiger partial charge in [-0.2, -0.15) is 0 Å². The highest BCUT2D eigenvalue weighted by atomic mass is 15.1. The molecule has 1 saturated heterocycles. The van der Waals surface area contributed by atoms with Crippen LogP contribution in [0.2, 0.25) is 0 Å². The molecule has 1 fully saturated rings. The average molecular weight is 212 g/mol. The van der Waals surface area contributed by atoms with Crippen molar-refractivity contribution in [2.75, 3.05) is 33.2 Å². The van der Waals surface area contributed by atoms with Crippen LogP contribution < -0.4 is 5.32 Å². The maximum Gasteiger partial charge on any atom is 0.00270 e. The summed E-state index contributed by atoms with van der Waals surface area (Å²) in [4.78, 5) is 2.64. The second-order valence-electron chi connectivity index (χ2n) is 6.15. The van der Waals surface area contributed by atoms with Gasteiger partial charge in [-0.15, -0.1) is 0 Å². The van der Waals surface area contributed by atoms with Crippen LogP contribution in [0.1, 0.15) is 34.1 Å². The molecule has 0 aromatic carbocycles. The Bertz CT molecular complexity index is 187. The number of piperidine rings is 1. The van der Waals surface area contributed by atoms with E-state index in [1.54, 1.807) is 0 Å². The third-order valence-electron chi connectivity index (χ3n) is 3.73. The van der Waals surface area contributed by atoms with Crippen molar-refractivity contribution in [3.05, 3.63) is 0 Å². The first-order valence-corrected chi connectivity index (χ1v) is 6.32. The van der Waals surface area contributed by atoms with E-state index < -0.39 is 0 Å². The fourth-order valence-electron chi connectivity index (χ4n) is 2.57. The lowest BCUT2D eigenvalue weighted by Gasteiger charge is -2.44. The molecular formula is C13H28N2. The van der Waals surface area contributed by atoms with Crippen molar-refractivity contribution in [2.24, 2.45) is 17.3 Å². The Kier molecular flexibility index (Phi) is 4.60. The summed E-state index contributed by atoms with van der Waals surface area (Å²) in [5.41, 5.74) is 0.510. The summed E-state index contributed by atoms with van der Waals surface area (Å²) in [7, 11) is 2.07. The Morgan fingerprint density at radius 2 is 2.07 bits per heavy atom. The van der Waals surface area contributed by atoms with Crippen LogP contribution >= 0.6 is 0 Å². The summed E-state index contributed by atoms with van der Waals surface area (Å²) in [6.07, 6.45) is 1.34. The molecule has 0 aromatic rings. The lowest BCUT2D eigenvalue weighted by molar-refractivity contribution is 0.0545. The molecule has 1 atom stereocenters. The van der Waals surface area contributed by atoms with Crippen LogP contribution in [0.4, 0.5) is 0 Å². The van der Waals surface area contributed by atoms with Gasteiger partial charge in [0.2, 0.25) is 0 Å². The number of nitrogens with zero attached hydrogens (tertiary/aromatic N) is 1. The fraction of sp³-hybridized carbons (Fsp3) is 1.00. The van der Waals surface area contributed by atoms with E-state index in [4.69, 9.17) is 0 Å². The van der Waals surface area contributed by atoms with Gasteiger partial charge >= 0.3 is 0 Å². The third-order valence-corrected chi connectivity index (χ3v) is 3.73. The quantitative estimate of drug-likeness (QED) is 0.768. The lowest BCUT2D eigenvalue weighted by atomic mass is 9.73. The second kappa shape index (κ2) is 5.31. The molecule has 0 aromatic heterocycles. The zero-order chi connectivity index (χ0) is 11.5. The topological polar surface area (TPSA) is 15.3 Å². The number of nitrogens with one attached hydrogen (secondary N) is 1. The Hall–Kier alpha value is -0.0800. The molecule has 0 aliphatic carbocycles. The van der Waals surface area contributed by atoms with Gasteiger partial charge in [0.05, 0.1) is 0 Å². The molecule has 2 nitrogen and oxygen atoms in total. The maximum atomic E-state index is 3.34. The molecule has 90 valence electrons. The van der Waals surface area contributed by atoms with Crippen LogP contribution in [0.15, 0.2) is 0 Å². The maximum absolute atomic E-state index is 3.34. The van der Waals surface area contributed by atoms with Crippen molar-refractivity contribution in [2.45, 2.75) is 34.1 Å². The van der Waals surface area contributed by atoms with Gasteiger partial charge in [-0.1, -0.05) is 27.7 Å². The van der Waals surface area contributed by atoms with Crippen LogP contribution in [0.3, 0.4) is 0 Å². The molecule has 0 saturated carbocycles. The largest absolute Gasteiger partial charge is 0.319 e. The molecule has 0 bridgehead atoms. The predicted molar refractivity (Wildman–Crippen MR) is 67.1 cm³/mol. The van der Waals surface area contributed by atoms with Crippen LogP contribution in [-0.4, -0.2) is 38.1 Å². The van der Waals surface area contributed by atoms with Gasteiger partial charge < -0.3 is 10.2 Å². The van der Waals surface area contributed by atoms with E-state index in [9.17, 15) is 0 Å². The summed E-state index contributed by atoms with van der Waals surface area (Å²) in [5, 5.41) is 3.34. The molecule has 0 radical (unpaired) electrons. The van der Waals surface area contributed by atoms with E-state index >= 15 is 0 Å². The number of likely N-dealkylation sites (tertiary alicyclic amines) is 1. The van der Waals surface area contributed by atoms with E-state index in [1.807, 2.05) is 0 Å². The van der Waals surface area contributed by atoms with Crippen molar-refractivity contribution in [3.8, 4) is 0 Å². The van der Waals surface area contributed by atoms with E-state index in [0.29, 0.717) is 5.41 Å². The first-order valence-electron chi connectivity index (χ1n) is 6.32. The van der Waals surface area contributed by atoms with Gasteiger partial charge in [-0.25, -0.2) is 0 Å². The highest BCUT2D eigenvalue weighted by Crippen LogP contribution is 2.35. The van der Waals surface area contributed by atoms with Crippen LogP contribution in [-0.2, 0) is 0 Å². The van der Waals surface area contributed by atoms with Crippen molar-refractivity contribution in [1.82, 2.24) is 10.2 Å². The zero-order valence-corrected chi connectivity index (χ0v) is 11.1. The van der Waals surface area contributed by atoms with Gasteiger partial charge in [-0.3, -0.25) is 0 Å². The number of hydrogen-bond donors (Lipinski definition) is 1. The van der Waals surface area contributed by atoms with Crippen molar-refractivity contribution >= 4 is 0 Å². The zero-order valence-electron chi connectivity index (χ0n) is 11.1. The number of hydrogen-bond acceptors (Lipinski definition) is 2. The number of rotatable bonds is 4. The fourth-order valence-corrected chi connectivity index (χ4v) is 2.57. The van der Waals surface area contributed by atoms with Gasteiger partial charge in [0.1, 0.15) is 0 Å². The minimum absolute atomic E-state index is 0.510. The van der Waals surface area contributed by atoms with E-state index in [-0.39, 0.29) is 0 Å². The van der Waals surface area contributed by atoms with Gasteiger partial charge in [-0.05, 0) is 43.8 Å². The molecule has 2 heteroatoms. The Morgan fingerprint density at radius 1 is 1.40 bits per heavy atom. The monoisotopic (exact) mass is 212 g/mol. The highest BCUT2D eigenvalue weighted by molar-refractivity contribution is 4.87. The summed E-state index contributed by atoms with van der Waals surface area (Å²) < 4.78 is 0. The summed E-state index contributed by atoms with van der Waals surface area (Å²) in [6, 6.07) is 0. The molecule has 1 rings (SSSR count). The second-order valence-corrected chi connectivity index (χ2v) is 6.15. The molecular weight excluding hydrogens is 184 g/mol. The first kappa shape index (κ1) is 13.0. The smallest absolute Gasteiger partial charge is 0.00270 e. The molecule has 1 heterocycles. The van der Waals surface area contributed by atoms with E-state index in [1.165, 1.54) is 26.1 Å². The average Bonchev–Trinajstić information content (AvgIpc) is 2.11. The molecule has 15 heavy (non-hydrogen) atoms. The van der Waals surface area contributed by atoms with Gasteiger partial charge in [0.25, 0.3) is 0 Å². The molecule has 1 unspecified atom stereocenters. The van der Waals surface area contributed by atoms with Gasteiger partial charge in [0.15, 0.2) is 0 Å². The predicted octanol–water partition coefficient (Wildman–Crippen LogP) is 2.21. The van der Waals surface area contributed by atoms with Crippen molar-refractivity contribution < 1.29 is 0 Å². The highest BCUT2D eigenvalue weighted by Gasteiger charge is 2.34. The SMILES string of the molecule is CNCC1CN(CC(C)C)CCC1(C)C. The van der Waals surface area contributed by atoms with E-state index in [2.05, 4.69) is 45.0 Å². The standard InChI is InChI=1S/C13H28N2/c1-11(2)9-15-7-6-13(3,4)12(10-15)8-14-5/h11-12,14H,6-10H2,1-5H3. The molecule has 1 aliphatic rings. The third kappa shape index (κ3) is 3.76. The van der Waals surface area contributed by atoms with Gasteiger partial charge in [0, 0.05) is 13.1 Å². The molecule has 0 spiro atoms. The molecule has 1 aliphatic heterocycles. The lowest BCUT2D eigenvalue weighted by Crippen LogP contribution is -2.48. The summed E-state index contributed by atoms with van der Waals surface area (Å²) >= 11 is 0. The molecule has 0 amide bonds. The first-order chi connectivity index (χ1) is 6.95. The minimum atomic E-state index is 0.510. The Labute approximate surface area is 95.4 Å². The molecule has 1 N–H and O–H groups in total. The van der Waals surface area contributed by atoms with Crippen molar-refractivity contribution in [3.63, 3.8) is 0 Å².